The van der Waals surface area contributed by atoms with E-state index in [-0.39, 0.29) is 0 Å². The Morgan fingerprint density at radius 3 is 2.70 bits per heavy atom. The first-order valence-electron chi connectivity index (χ1n) is 6.40. The van der Waals surface area contributed by atoms with E-state index in [9.17, 15) is 8.42 Å². The Hall–Kier alpha value is -2.01. The normalized spacial score (nSPS) is 14.6. The quantitative estimate of drug-likeness (QED) is 0.853. The van der Waals surface area contributed by atoms with Gasteiger partial charge in [-0.15, -0.1) is 0 Å². The molecule has 0 unspecified atom stereocenters. The summed E-state index contributed by atoms with van der Waals surface area (Å²) < 4.78 is 32.5. The number of hydrogen-bond acceptors (Lipinski definition) is 3. The average Bonchev–Trinajstić information content (AvgIpc) is 2.46. The number of sulfonamides is 1. The van der Waals surface area contributed by atoms with Crippen LogP contribution in [-0.4, -0.2) is 21.6 Å². The zero-order valence-electron chi connectivity index (χ0n) is 11.1. The van der Waals surface area contributed by atoms with Gasteiger partial charge in [-0.3, -0.25) is 4.31 Å². The molecule has 0 saturated heterocycles. The summed E-state index contributed by atoms with van der Waals surface area (Å²) in [6.07, 6.45) is 0. The van der Waals surface area contributed by atoms with Crippen LogP contribution in [0.2, 0.25) is 0 Å². The van der Waals surface area contributed by atoms with Gasteiger partial charge in [0.05, 0.1) is 17.1 Å². The molecule has 0 fully saturated rings. The fourth-order valence-corrected chi connectivity index (χ4v) is 3.86. The molecule has 5 heteroatoms. The molecule has 2 aromatic carbocycles. The molecule has 1 heterocycles. The number of anilines is 1. The van der Waals surface area contributed by atoms with E-state index in [1.807, 2.05) is 25.1 Å². The van der Waals surface area contributed by atoms with Crippen LogP contribution in [0.15, 0.2) is 53.4 Å². The van der Waals surface area contributed by atoms with Crippen LogP contribution in [-0.2, 0) is 10.0 Å². The highest BCUT2D eigenvalue weighted by molar-refractivity contribution is 7.92. The third-order valence-electron chi connectivity index (χ3n) is 3.26. The number of nitrogens with zero attached hydrogens (tertiary/aromatic N) is 1. The van der Waals surface area contributed by atoms with Crippen molar-refractivity contribution in [3.63, 3.8) is 0 Å². The number of hydrogen-bond donors (Lipinski definition) is 0. The smallest absolute Gasteiger partial charge is 0.264 e. The average molecular weight is 289 g/mol. The monoisotopic (exact) mass is 289 g/mol. The van der Waals surface area contributed by atoms with Gasteiger partial charge in [-0.1, -0.05) is 24.3 Å². The van der Waals surface area contributed by atoms with Crippen molar-refractivity contribution in [1.82, 2.24) is 0 Å². The lowest BCUT2D eigenvalue weighted by Crippen LogP contribution is -2.37. The second kappa shape index (κ2) is 4.83. The number of aryl methyl sites for hydroxylation is 1. The molecule has 0 atom stereocenters. The molecule has 2 aromatic rings. The number of benzene rings is 2. The maximum absolute atomic E-state index is 12.8. The molecule has 20 heavy (non-hydrogen) atoms. The van der Waals surface area contributed by atoms with E-state index in [2.05, 4.69) is 0 Å². The molecular formula is C15H15NO3S. The van der Waals surface area contributed by atoms with Crippen molar-refractivity contribution in [3.8, 4) is 5.75 Å². The topological polar surface area (TPSA) is 46.6 Å². The second-order valence-electron chi connectivity index (χ2n) is 4.71. The predicted molar refractivity (Wildman–Crippen MR) is 77.6 cm³/mol. The summed E-state index contributed by atoms with van der Waals surface area (Å²) in [4.78, 5) is 0.314. The first kappa shape index (κ1) is 13.0. The molecule has 0 bridgehead atoms. The maximum Gasteiger partial charge on any atom is 0.264 e. The zero-order valence-corrected chi connectivity index (χ0v) is 11.9. The molecule has 0 aliphatic carbocycles. The standard InChI is InChI=1S/C15H15NO3S/c1-12-5-4-6-13(11-12)20(17,18)16-9-10-19-15-8-3-2-7-14(15)16/h2-8,11H,9-10H2,1H3. The van der Waals surface area contributed by atoms with Crippen molar-refractivity contribution in [2.75, 3.05) is 17.5 Å². The van der Waals surface area contributed by atoms with E-state index in [0.717, 1.165) is 5.56 Å². The minimum atomic E-state index is -3.54. The van der Waals surface area contributed by atoms with Gasteiger partial charge >= 0.3 is 0 Å². The van der Waals surface area contributed by atoms with Crippen molar-refractivity contribution in [2.45, 2.75) is 11.8 Å². The second-order valence-corrected chi connectivity index (χ2v) is 6.57. The first-order valence-corrected chi connectivity index (χ1v) is 7.84. The van der Waals surface area contributed by atoms with Gasteiger partial charge in [-0.05, 0) is 36.8 Å². The minimum absolute atomic E-state index is 0.314. The molecule has 1 aliphatic heterocycles. The van der Waals surface area contributed by atoms with Gasteiger partial charge in [-0.2, -0.15) is 0 Å². The Kier molecular flexibility index (Phi) is 3.14. The minimum Gasteiger partial charge on any atom is -0.489 e. The van der Waals surface area contributed by atoms with Gasteiger partial charge in [0.15, 0.2) is 0 Å². The van der Waals surface area contributed by atoms with Gasteiger partial charge in [0.1, 0.15) is 12.4 Å². The lowest BCUT2D eigenvalue weighted by molar-refractivity contribution is 0.316. The highest BCUT2D eigenvalue weighted by Gasteiger charge is 2.29. The molecule has 0 saturated carbocycles. The zero-order chi connectivity index (χ0) is 14.2. The van der Waals surface area contributed by atoms with Crippen molar-refractivity contribution < 1.29 is 13.2 Å². The molecule has 0 spiro atoms. The summed E-state index contributed by atoms with van der Waals surface area (Å²) >= 11 is 0. The molecule has 0 radical (unpaired) electrons. The number of para-hydroxylation sites is 2. The maximum atomic E-state index is 12.8. The predicted octanol–water partition coefficient (Wildman–Crippen LogP) is 2.58. The van der Waals surface area contributed by atoms with E-state index in [0.29, 0.717) is 29.5 Å². The van der Waals surface area contributed by atoms with E-state index < -0.39 is 10.0 Å². The fourth-order valence-electron chi connectivity index (χ4n) is 2.30. The Morgan fingerprint density at radius 2 is 1.90 bits per heavy atom. The Bertz CT molecular complexity index is 740. The summed E-state index contributed by atoms with van der Waals surface area (Å²) in [5, 5.41) is 0. The first-order chi connectivity index (χ1) is 9.59. The number of ether oxygens (including phenoxy) is 1. The molecule has 104 valence electrons. The van der Waals surface area contributed by atoms with Gasteiger partial charge in [0.2, 0.25) is 0 Å². The molecule has 4 nitrogen and oxygen atoms in total. The van der Waals surface area contributed by atoms with Crippen LogP contribution in [0.25, 0.3) is 0 Å². The lowest BCUT2D eigenvalue weighted by Gasteiger charge is -2.30. The fraction of sp³-hybridized carbons (Fsp3) is 0.200. The van der Waals surface area contributed by atoms with Crippen LogP contribution in [0.1, 0.15) is 5.56 Å². The highest BCUT2D eigenvalue weighted by atomic mass is 32.2. The molecule has 3 rings (SSSR count). The number of rotatable bonds is 2. The molecule has 1 aliphatic rings. The SMILES string of the molecule is Cc1cccc(S(=O)(=O)N2CCOc3ccccc32)c1. The van der Waals surface area contributed by atoms with Crippen molar-refractivity contribution in [3.05, 3.63) is 54.1 Å². The van der Waals surface area contributed by atoms with Gasteiger partial charge < -0.3 is 4.74 Å². The van der Waals surface area contributed by atoms with Gasteiger partial charge in [-0.25, -0.2) is 8.42 Å². The van der Waals surface area contributed by atoms with E-state index >= 15 is 0 Å². The Morgan fingerprint density at radius 1 is 1.10 bits per heavy atom. The summed E-state index contributed by atoms with van der Waals surface area (Å²) in [5.41, 5.74) is 1.52. The van der Waals surface area contributed by atoms with Crippen LogP contribution in [0.4, 0.5) is 5.69 Å². The van der Waals surface area contributed by atoms with E-state index in [1.54, 1.807) is 30.3 Å². The number of fused-ring (bicyclic) bond motifs is 1. The lowest BCUT2D eigenvalue weighted by atomic mass is 10.2. The molecule has 0 N–H and O–H groups in total. The van der Waals surface area contributed by atoms with E-state index in [4.69, 9.17) is 4.74 Å². The van der Waals surface area contributed by atoms with Crippen LogP contribution in [0.3, 0.4) is 0 Å². The van der Waals surface area contributed by atoms with Crippen LogP contribution in [0, 0.1) is 6.92 Å². The Balaban J connectivity index is 2.10. The summed E-state index contributed by atoms with van der Waals surface area (Å²) in [7, 11) is -3.54. The van der Waals surface area contributed by atoms with Crippen LogP contribution >= 0.6 is 0 Å². The van der Waals surface area contributed by atoms with E-state index in [1.165, 1.54) is 4.31 Å². The van der Waals surface area contributed by atoms with Gasteiger partial charge in [0, 0.05) is 0 Å². The van der Waals surface area contributed by atoms with Crippen molar-refractivity contribution >= 4 is 15.7 Å². The molecular weight excluding hydrogens is 274 g/mol. The molecule has 0 amide bonds. The van der Waals surface area contributed by atoms with Crippen LogP contribution in [0.5, 0.6) is 5.75 Å². The van der Waals surface area contributed by atoms with Crippen LogP contribution < -0.4 is 9.04 Å². The summed E-state index contributed by atoms with van der Waals surface area (Å²) in [6, 6.07) is 14.2. The third kappa shape index (κ3) is 2.14. The largest absolute Gasteiger partial charge is 0.489 e. The summed E-state index contributed by atoms with van der Waals surface area (Å²) in [5.74, 6) is 0.606. The Labute approximate surface area is 118 Å². The van der Waals surface area contributed by atoms with Crippen molar-refractivity contribution in [1.29, 1.82) is 0 Å². The van der Waals surface area contributed by atoms with Crippen molar-refractivity contribution in [2.24, 2.45) is 0 Å². The molecule has 0 aromatic heterocycles. The third-order valence-corrected chi connectivity index (χ3v) is 5.07. The summed E-state index contributed by atoms with van der Waals surface area (Å²) in [6.45, 7) is 2.57. The van der Waals surface area contributed by atoms with Gasteiger partial charge in [0.25, 0.3) is 10.0 Å². The highest BCUT2D eigenvalue weighted by Crippen LogP contribution is 2.34.